The van der Waals surface area contributed by atoms with Gasteiger partial charge in [-0.2, -0.15) is 0 Å². The first-order valence-electron chi connectivity index (χ1n) is 6.24. The Morgan fingerprint density at radius 2 is 1.25 bits per heavy atom. The maximum absolute atomic E-state index is 10.0. The second-order valence-electron chi connectivity index (χ2n) is 4.13. The number of hydrogen-bond acceptors (Lipinski definition) is 3. The van der Waals surface area contributed by atoms with Crippen LogP contribution in [0.4, 0.5) is 0 Å². The minimum absolute atomic E-state index is 0.113. The molecule has 0 spiro atoms. The van der Waals surface area contributed by atoms with E-state index in [-0.39, 0.29) is 11.5 Å². The molecule has 0 aromatic rings. The molecule has 1 radical (unpaired) electrons. The van der Waals surface area contributed by atoms with E-state index in [9.17, 15) is 14.9 Å². The third-order valence-corrected chi connectivity index (χ3v) is 2.62. The Morgan fingerprint density at radius 1 is 0.812 bits per heavy atom. The molecule has 0 atom stereocenters. The fraction of sp³-hybridized carbons (Fsp3) is 0.917. The summed E-state index contributed by atoms with van der Waals surface area (Å²) < 4.78 is 0. The lowest BCUT2D eigenvalue weighted by atomic mass is 10.1. The zero-order chi connectivity index (χ0) is 12.1. The van der Waals surface area contributed by atoms with E-state index in [0.717, 1.165) is 25.7 Å². The van der Waals surface area contributed by atoms with Gasteiger partial charge in [0, 0.05) is 17.8 Å². The van der Waals surface area contributed by atoms with Gasteiger partial charge in [0.25, 0.3) is 0 Å². The highest BCUT2D eigenvalue weighted by Gasteiger charge is 1.96. The van der Waals surface area contributed by atoms with E-state index in [1.807, 2.05) is 6.29 Å². The van der Waals surface area contributed by atoms with Crippen LogP contribution >= 0.6 is 0 Å². The van der Waals surface area contributed by atoms with Crippen LogP contribution in [0, 0.1) is 10.1 Å². The highest BCUT2D eigenvalue weighted by atomic mass is 16.6. The topological polar surface area (TPSA) is 60.2 Å². The number of hydrogen-bond donors (Lipinski definition) is 0. The Balaban J connectivity index is 2.93. The molecule has 0 saturated heterocycles. The van der Waals surface area contributed by atoms with Gasteiger partial charge in [-0.05, 0) is 12.8 Å². The van der Waals surface area contributed by atoms with Crippen LogP contribution in [-0.4, -0.2) is 17.8 Å². The van der Waals surface area contributed by atoms with Gasteiger partial charge < -0.3 is 0 Å². The quantitative estimate of drug-likeness (QED) is 0.292. The van der Waals surface area contributed by atoms with Crippen LogP contribution in [0.1, 0.15) is 64.2 Å². The van der Waals surface area contributed by atoms with Gasteiger partial charge in [0.2, 0.25) is 6.54 Å². The van der Waals surface area contributed by atoms with Crippen molar-refractivity contribution in [2.45, 2.75) is 64.2 Å². The van der Waals surface area contributed by atoms with E-state index in [1.165, 1.54) is 25.7 Å². The first-order valence-corrected chi connectivity index (χ1v) is 6.24. The maximum Gasteiger partial charge on any atom is 0.203 e. The van der Waals surface area contributed by atoms with Gasteiger partial charge in [0.15, 0.2) is 6.29 Å². The van der Waals surface area contributed by atoms with Crippen LogP contribution in [0.2, 0.25) is 0 Å². The van der Waals surface area contributed by atoms with Crippen molar-refractivity contribution in [2.24, 2.45) is 0 Å². The average molecular weight is 228 g/mol. The zero-order valence-corrected chi connectivity index (χ0v) is 9.95. The second kappa shape index (κ2) is 12.1. The van der Waals surface area contributed by atoms with Gasteiger partial charge in [-0.15, -0.1) is 0 Å². The van der Waals surface area contributed by atoms with Crippen molar-refractivity contribution in [1.82, 2.24) is 0 Å². The molecular weight excluding hydrogens is 206 g/mol. The van der Waals surface area contributed by atoms with Crippen LogP contribution in [-0.2, 0) is 4.79 Å². The molecule has 0 N–H and O–H groups in total. The van der Waals surface area contributed by atoms with E-state index < -0.39 is 0 Å². The van der Waals surface area contributed by atoms with Crippen LogP contribution in [0.15, 0.2) is 0 Å². The highest BCUT2D eigenvalue weighted by Crippen LogP contribution is 2.10. The Labute approximate surface area is 97.6 Å². The summed E-state index contributed by atoms with van der Waals surface area (Å²) in [5, 5.41) is 10.0. The largest absolute Gasteiger partial charge is 0.291 e. The monoisotopic (exact) mass is 228 g/mol. The van der Waals surface area contributed by atoms with E-state index in [0.29, 0.717) is 12.8 Å². The van der Waals surface area contributed by atoms with Crippen molar-refractivity contribution in [3.8, 4) is 0 Å². The van der Waals surface area contributed by atoms with Crippen molar-refractivity contribution < 1.29 is 9.72 Å². The van der Waals surface area contributed by atoms with Crippen LogP contribution in [0.5, 0.6) is 0 Å². The molecule has 93 valence electrons. The Bertz CT molecular complexity index is 183. The summed E-state index contributed by atoms with van der Waals surface area (Å²) in [6.45, 7) is 0.113. The summed E-state index contributed by atoms with van der Waals surface area (Å²) in [4.78, 5) is 19.7. The van der Waals surface area contributed by atoms with Gasteiger partial charge >= 0.3 is 0 Å². The zero-order valence-electron chi connectivity index (χ0n) is 9.95. The van der Waals surface area contributed by atoms with Crippen molar-refractivity contribution in [1.29, 1.82) is 0 Å². The summed E-state index contributed by atoms with van der Waals surface area (Å²) in [5.41, 5.74) is 0. The first-order chi connectivity index (χ1) is 7.77. The number of nitrogens with zero attached hydrogens (tertiary/aromatic N) is 1. The summed E-state index contributed by atoms with van der Waals surface area (Å²) in [6.07, 6.45) is 12.1. The molecule has 0 bridgehead atoms. The Hall–Kier alpha value is -0.930. The lowest BCUT2D eigenvalue weighted by Gasteiger charge is -2.00. The van der Waals surface area contributed by atoms with Crippen LogP contribution in [0.25, 0.3) is 0 Å². The van der Waals surface area contributed by atoms with Gasteiger partial charge in [-0.1, -0.05) is 38.5 Å². The molecule has 0 saturated carbocycles. The van der Waals surface area contributed by atoms with Crippen molar-refractivity contribution >= 4 is 6.29 Å². The fourth-order valence-electron chi connectivity index (χ4n) is 1.68. The molecule has 0 aliphatic rings. The summed E-state index contributed by atoms with van der Waals surface area (Å²) in [6, 6.07) is 0. The number of rotatable bonds is 12. The first kappa shape index (κ1) is 15.1. The second-order valence-corrected chi connectivity index (χ2v) is 4.13. The van der Waals surface area contributed by atoms with Crippen LogP contribution < -0.4 is 0 Å². The van der Waals surface area contributed by atoms with Crippen molar-refractivity contribution in [2.75, 3.05) is 6.54 Å². The predicted octanol–water partition coefficient (Wildman–Crippen LogP) is 3.27. The van der Waals surface area contributed by atoms with Gasteiger partial charge in [-0.3, -0.25) is 14.9 Å². The average Bonchev–Trinajstić information content (AvgIpc) is 2.25. The molecule has 0 rings (SSSR count). The molecular formula is C12H22NO3. The normalized spacial score (nSPS) is 10.2. The molecule has 16 heavy (non-hydrogen) atoms. The van der Waals surface area contributed by atoms with Gasteiger partial charge in [0.1, 0.15) is 0 Å². The lowest BCUT2D eigenvalue weighted by molar-refractivity contribution is -0.480. The molecule has 0 aromatic heterocycles. The molecule has 0 amide bonds. The highest BCUT2D eigenvalue weighted by molar-refractivity contribution is 5.50. The molecule has 0 aromatic carbocycles. The molecule has 0 unspecified atom stereocenters. The molecule has 0 aliphatic carbocycles. The van der Waals surface area contributed by atoms with E-state index in [2.05, 4.69) is 0 Å². The minimum Gasteiger partial charge on any atom is -0.291 e. The lowest BCUT2D eigenvalue weighted by Crippen LogP contribution is -1.99. The maximum atomic E-state index is 10.0. The third-order valence-electron chi connectivity index (χ3n) is 2.62. The molecule has 0 heterocycles. The number of nitro groups is 1. The molecule has 4 heteroatoms. The van der Waals surface area contributed by atoms with Gasteiger partial charge in [0.05, 0.1) is 0 Å². The number of unbranched alkanes of at least 4 members (excludes halogenated alkanes) is 9. The third kappa shape index (κ3) is 13.1. The van der Waals surface area contributed by atoms with Crippen molar-refractivity contribution in [3.63, 3.8) is 0 Å². The summed E-state index contributed by atoms with van der Waals surface area (Å²) >= 11 is 0. The molecule has 0 aliphatic heterocycles. The minimum atomic E-state index is -0.246. The summed E-state index contributed by atoms with van der Waals surface area (Å²) in [5.74, 6) is 0. The molecule has 4 nitrogen and oxygen atoms in total. The van der Waals surface area contributed by atoms with Crippen LogP contribution in [0.3, 0.4) is 0 Å². The smallest absolute Gasteiger partial charge is 0.203 e. The standard InChI is InChI=1S/C12H22NO3/c14-12-10-8-6-4-2-1-3-5-7-9-11-13(15)16/h1-11H2. The van der Waals surface area contributed by atoms with Crippen molar-refractivity contribution in [3.05, 3.63) is 10.1 Å². The Morgan fingerprint density at radius 3 is 1.69 bits per heavy atom. The SMILES string of the molecule is O=[C]CCCCCCCCCCC[N+](=O)[O-]. The molecule has 0 fully saturated rings. The van der Waals surface area contributed by atoms with E-state index >= 15 is 0 Å². The predicted molar refractivity (Wildman–Crippen MR) is 63.7 cm³/mol. The van der Waals surface area contributed by atoms with E-state index in [1.54, 1.807) is 0 Å². The fourth-order valence-corrected chi connectivity index (χ4v) is 1.68. The summed E-state index contributed by atoms with van der Waals surface area (Å²) in [7, 11) is 0. The van der Waals surface area contributed by atoms with E-state index in [4.69, 9.17) is 0 Å². The van der Waals surface area contributed by atoms with Gasteiger partial charge in [-0.25, -0.2) is 0 Å². The number of carbonyl (C=O) groups excluding carboxylic acids is 1. The Kier molecular flexibility index (Phi) is 11.4.